The molecule has 1 aliphatic heterocycles. The lowest BCUT2D eigenvalue weighted by Gasteiger charge is -2.25. The van der Waals surface area contributed by atoms with E-state index in [1.54, 1.807) is 24.3 Å². The van der Waals surface area contributed by atoms with Gasteiger partial charge in [-0.25, -0.2) is 13.4 Å². The first-order valence-electron chi connectivity index (χ1n) is 9.86. The molecule has 1 aliphatic rings. The monoisotopic (exact) mass is 439 g/mol. The van der Waals surface area contributed by atoms with Gasteiger partial charge in [0.05, 0.1) is 21.2 Å². The predicted octanol–water partition coefficient (Wildman–Crippen LogP) is 3.89. The molecule has 8 heteroatoms. The van der Waals surface area contributed by atoms with Crippen LogP contribution in [0.25, 0.3) is 10.2 Å². The molecule has 1 atom stereocenters. The minimum absolute atomic E-state index is 0.0538. The molecular weight excluding hydrogens is 418 g/mol. The van der Waals surface area contributed by atoms with Gasteiger partial charge in [0.25, 0.3) is 0 Å². The van der Waals surface area contributed by atoms with Crippen molar-refractivity contribution in [1.82, 2.24) is 9.29 Å². The first-order valence-corrected chi connectivity index (χ1v) is 12.1. The maximum atomic E-state index is 12.8. The van der Waals surface area contributed by atoms with Crippen molar-refractivity contribution in [2.24, 2.45) is 0 Å². The number of hydrogen-bond donors (Lipinski definition) is 0. The second kappa shape index (κ2) is 8.64. The van der Waals surface area contributed by atoms with Gasteiger partial charge in [-0.3, -0.25) is 4.79 Å². The Balaban J connectivity index is 1.49. The van der Waals surface area contributed by atoms with Crippen LogP contribution in [0.5, 0.6) is 0 Å². The Hall–Kier alpha value is -2.60. The zero-order valence-corrected chi connectivity index (χ0v) is 18.0. The lowest BCUT2D eigenvalue weighted by Crippen LogP contribution is -2.35. The van der Waals surface area contributed by atoms with Crippen molar-refractivity contribution in [3.8, 4) is 6.07 Å². The smallest absolute Gasteiger partial charge is 0.243 e. The summed E-state index contributed by atoms with van der Waals surface area (Å²) < 4.78 is 28.0. The normalized spacial score (nSPS) is 16.2. The molecule has 0 spiro atoms. The number of piperidine rings is 1. The SMILES string of the molecule is N#C[C@@H](C(=O)Cc1ccc(S(=O)(=O)N2CCCCC2)cc1)c1nc2ccccc2s1. The number of nitrogens with zero attached hydrogens (tertiary/aromatic N) is 3. The van der Waals surface area contributed by atoms with Crippen LogP contribution in [0.2, 0.25) is 0 Å². The van der Waals surface area contributed by atoms with Crippen molar-refractivity contribution >= 4 is 37.4 Å². The minimum atomic E-state index is -3.50. The van der Waals surface area contributed by atoms with Crippen LogP contribution in [0.4, 0.5) is 0 Å². The summed E-state index contributed by atoms with van der Waals surface area (Å²) in [6.45, 7) is 1.10. The van der Waals surface area contributed by atoms with Crippen molar-refractivity contribution in [3.63, 3.8) is 0 Å². The van der Waals surface area contributed by atoms with Gasteiger partial charge in [0.15, 0.2) is 11.7 Å². The van der Waals surface area contributed by atoms with Crippen LogP contribution < -0.4 is 0 Å². The Bertz CT molecular complexity index is 1170. The number of benzene rings is 2. The molecule has 2 heterocycles. The van der Waals surface area contributed by atoms with Crippen molar-refractivity contribution in [2.75, 3.05) is 13.1 Å². The summed E-state index contributed by atoms with van der Waals surface area (Å²) in [5.41, 5.74) is 1.46. The highest BCUT2D eigenvalue weighted by molar-refractivity contribution is 7.89. The van der Waals surface area contributed by atoms with Crippen LogP contribution in [-0.2, 0) is 21.2 Å². The minimum Gasteiger partial charge on any atom is -0.297 e. The molecule has 154 valence electrons. The van der Waals surface area contributed by atoms with E-state index in [4.69, 9.17) is 0 Å². The molecule has 3 aromatic rings. The van der Waals surface area contributed by atoms with E-state index in [1.807, 2.05) is 24.3 Å². The van der Waals surface area contributed by atoms with E-state index >= 15 is 0 Å². The average molecular weight is 440 g/mol. The number of carbonyl (C=O) groups is 1. The number of para-hydroxylation sites is 1. The second-order valence-electron chi connectivity index (χ2n) is 7.33. The number of hydrogen-bond acceptors (Lipinski definition) is 6. The van der Waals surface area contributed by atoms with E-state index in [2.05, 4.69) is 11.1 Å². The predicted molar refractivity (Wildman–Crippen MR) is 116 cm³/mol. The lowest BCUT2D eigenvalue weighted by molar-refractivity contribution is -0.118. The molecule has 0 unspecified atom stereocenters. The summed E-state index contributed by atoms with van der Waals surface area (Å²) in [5.74, 6) is -1.18. The summed E-state index contributed by atoms with van der Waals surface area (Å²) in [5, 5.41) is 10.1. The van der Waals surface area contributed by atoms with Gasteiger partial charge < -0.3 is 0 Å². The first kappa shape index (κ1) is 20.7. The second-order valence-corrected chi connectivity index (χ2v) is 10.3. The number of rotatable bonds is 6. The molecule has 0 radical (unpaired) electrons. The molecule has 0 aliphatic carbocycles. The largest absolute Gasteiger partial charge is 0.297 e. The van der Waals surface area contributed by atoms with Gasteiger partial charge in [-0.1, -0.05) is 30.7 Å². The van der Waals surface area contributed by atoms with E-state index < -0.39 is 15.9 Å². The highest BCUT2D eigenvalue weighted by Gasteiger charge is 2.27. The van der Waals surface area contributed by atoms with Crippen LogP contribution in [0.3, 0.4) is 0 Å². The third-order valence-corrected chi connectivity index (χ3v) is 8.28. The summed E-state index contributed by atoms with van der Waals surface area (Å²) in [4.78, 5) is 17.4. The molecular formula is C22H21N3O3S2. The van der Waals surface area contributed by atoms with Gasteiger partial charge in [0, 0.05) is 19.5 Å². The zero-order chi connectivity index (χ0) is 21.1. The molecule has 2 aromatic carbocycles. The van der Waals surface area contributed by atoms with E-state index in [0.717, 1.165) is 29.5 Å². The quantitative estimate of drug-likeness (QED) is 0.581. The van der Waals surface area contributed by atoms with Crippen molar-refractivity contribution in [2.45, 2.75) is 36.5 Å². The van der Waals surface area contributed by atoms with Gasteiger partial charge in [-0.2, -0.15) is 9.57 Å². The molecule has 6 nitrogen and oxygen atoms in total. The van der Waals surface area contributed by atoms with Crippen LogP contribution in [-0.4, -0.2) is 36.6 Å². The van der Waals surface area contributed by atoms with Gasteiger partial charge in [0.1, 0.15) is 5.01 Å². The Morgan fingerprint density at radius 2 is 1.80 bits per heavy atom. The van der Waals surface area contributed by atoms with E-state index in [9.17, 15) is 18.5 Å². The Morgan fingerprint density at radius 3 is 2.47 bits per heavy atom. The van der Waals surface area contributed by atoms with E-state index in [1.165, 1.54) is 15.6 Å². The van der Waals surface area contributed by atoms with Crippen LogP contribution in [0, 0.1) is 11.3 Å². The highest BCUT2D eigenvalue weighted by Crippen LogP contribution is 2.29. The third kappa shape index (κ3) is 4.15. The van der Waals surface area contributed by atoms with Crippen molar-refractivity contribution in [3.05, 3.63) is 59.1 Å². The molecule has 0 saturated carbocycles. The summed E-state index contributed by atoms with van der Waals surface area (Å²) in [6.07, 6.45) is 2.88. The Morgan fingerprint density at radius 1 is 1.10 bits per heavy atom. The number of nitriles is 1. The molecule has 30 heavy (non-hydrogen) atoms. The fourth-order valence-electron chi connectivity index (χ4n) is 3.62. The van der Waals surface area contributed by atoms with Gasteiger partial charge >= 0.3 is 0 Å². The van der Waals surface area contributed by atoms with Crippen LogP contribution in [0.15, 0.2) is 53.4 Å². The number of carbonyl (C=O) groups excluding carboxylic acids is 1. The zero-order valence-electron chi connectivity index (χ0n) is 16.3. The van der Waals surface area contributed by atoms with Gasteiger partial charge in [-0.15, -0.1) is 11.3 Å². The fourth-order valence-corrected chi connectivity index (χ4v) is 6.17. The lowest BCUT2D eigenvalue weighted by atomic mass is 9.99. The topological polar surface area (TPSA) is 91.1 Å². The number of ketones is 1. The summed E-state index contributed by atoms with van der Waals surface area (Å²) in [7, 11) is -3.50. The number of sulfonamides is 1. The van der Waals surface area contributed by atoms with Gasteiger partial charge in [-0.05, 0) is 42.7 Å². The molecule has 1 aromatic heterocycles. The molecule has 0 amide bonds. The van der Waals surface area contributed by atoms with E-state index in [0.29, 0.717) is 23.7 Å². The maximum absolute atomic E-state index is 12.8. The standard InChI is InChI=1S/C22H21N3O3S2/c23-15-18(22-24-19-6-2-3-7-21(19)29-22)20(26)14-16-8-10-17(11-9-16)30(27,28)25-12-4-1-5-13-25/h2-3,6-11,18H,1,4-5,12-14H2/t18-/m0/s1. The number of fused-ring (bicyclic) bond motifs is 1. The molecule has 0 N–H and O–H groups in total. The molecule has 4 rings (SSSR count). The van der Waals surface area contributed by atoms with Crippen LogP contribution in [0.1, 0.15) is 35.8 Å². The molecule has 1 fully saturated rings. The highest BCUT2D eigenvalue weighted by atomic mass is 32.2. The third-order valence-electron chi connectivity index (χ3n) is 5.26. The van der Waals surface area contributed by atoms with Gasteiger partial charge in [0.2, 0.25) is 10.0 Å². The van der Waals surface area contributed by atoms with Crippen molar-refractivity contribution in [1.29, 1.82) is 5.26 Å². The fraction of sp³-hybridized carbons (Fsp3) is 0.318. The van der Waals surface area contributed by atoms with E-state index in [-0.39, 0.29) is 17.1 Å². The number of Topliss-reactive ketones (excluding diaryl/α,β-unsaturated/α-hetero) is 1. The average Bonchev–Trinajstić information content (AvgIpc) is 3.19. The van der Waals surface area contributed by atoms with Crippen LogP contribution >= 0.6 is 11.3 Å². The molecule has 1 saturated heterocycles. The first-order chi connectivity index (χ1) is 14.5. The number of aromatic nitrogens is 1. The summed E-state index contributed by atoms with van der Waals surface area (Å²) in [6, 6.07) is 16.0. The number of thiazole rings is 1. The maximum Gasteiger partial charge on any atom is 0.243 e. The Labute approximate surface area is 179 Å². The molecule has 0 bridgehead atoms. The van der Waals surface area contributed by atoms with Crippen molar-refractivity contribution < 1.29 is 13.2 Å². The summed E-state index contributed by atoms with van der Waals surface area (Å²) >= 11 is 1.35. The Kier molecular flexibility index (Phi) is 5.95.